The Bertz CT molecular complexity index is 1490. The summed E-state index contributed by atoms with van der Waals surface area (Å²) in [6.45, 7) is 0.380. The molecule has 0 aliphatic carbocycles. The summed E-state index contributed by atoms with van der Waals surface area (Å²) in [5.41, 5.74) is 2.65. The van der Waals surface area contributed by atoms with Crippen LogP contribution in [0.3, 0.4) is 0 Å². The first-order chi connectivity index (χ1) is 16.9. The van der Waals surface area contributed by atoms with Gasteiger partial charge in [0.25, 0.3) is 6.47 Å². The van der Waals surface area contributed by atoms with Crippen LogP contribution in [0.25, 0.3) is 11.3 Å². The topological polar surface area (TPSA) is 76.5 Å². The van der Waals surface area contributed by atoms with Crippen LogP contribution in [0.1, 0.15) is 16.7 Å². The SMILES string of the molecule is O=COc1cc(Nc2ncc3c(n2)-c2ccc(Cl)cc2C(c2c(F)cccc2F)=NC3)ccc1Cl. The van der Waals surface area contributed by atoms with Gasteiger partial charge in [-0.1, -0.05) is 35.3 Å². The number of hydrogen-bond donors (Lipinski definition) is 1. The van der Waals surface area contributed by atoms with Gasteiger partial charge in [0.15, 0.2) is 5.75 Å². The summed E-state index contributed by atoms with van der Waals surface area (Å²) in [6, 6.07) is 13.4. The van der Waals surface area contributed by atoms with E-state index in [1.54, 1.807) is 36.5 Å². The number of nitrogens with one attached hydrogen (secondary N) is 1. The maximum atomic E-state index is 14.7. The molecule has 6 nitrogen and oxygen atoms in total. The van der Waals surface area contributed by atoms with Gasteiger partial charge >= 0.3 is 0 Å². The molecule has 0 radical (unpaired) electrons. The maximum absolute atomic E-state index is 14.7. The number of ether oxygens (including phenoxy) is 1. The molecule has 35 heavy (non-hydrogen) atoms. The second kappa shape index (κ2) is 9.40. The van der Waals surface area contributed by atoms with E-state index in [9.17, 15) is 13.6 Å². The summed E-state index contributed by atoms with van der Waals surface area (Å²) in [5, 5.41) is 3.69. The fourth-order valence-electron chi connectivity index (χ4n) is 3.77. The molecule has 1 N–H and O–H groups in total. The van der Waals surface area contributed by atoms with Gasteiger partial charge < -0.3 is 10.1 Å². The summed E-state index contributed by atoms with van der Waals surface area (Å²) in [7, 11) is 0. The van der Waals surface area contributed by atoms with Crippen molar-refractivity contribution < 1.29 is 18.3 Å². The standard InChI is InChI=1S/C25H14Cl2F2N4O2/c26-14-4-6-16-17(8-14)24(22-19(28)2-1-3-20(22)29)30-10-13-11-31-25(33-23(13)16)32-15-5-7-18(27)21(9-15)35-12-34/h1-9,11-12H,10H2,(H,31,32,33). The van der Waals surface area contributed by atoms with Crippen molar-refractivity contribution in [3.8, 4) is 17.0 Å². The van der Waals surface area contributed by atoms with Crippen LogP contribution < -0.4 is 10.1 Å². The predicted octanol–water partition coefficient (Wildman–Crippen LogP) is 6.36. The van der Waals surface area contributed by atoms with E-state index >= 15 is 0 Å². The van der Waals surface area contributed by atoms with E-state index in [1.165, 1.54) is 24.3 Å². The van der Waals surface area contributed by atoms with Crippen LogP contribution >= 0.6 is 23.2 Å². The van der Waals surface area contributed by atoms with Crippen molar-refractivity contribution in [2.75, 3.05) is 5.32 Å². The third kappa shape index (κ3) is 4.45. The molecule has 0 bridgehead atoms. The quantitative estimate of drug-likeness (QED) is 0.316. The Morgan fingerprint density at radius 2 is 1.80 bits per heavy atom. The Labute approximate surface area is 208 Å². The molecule has 3 aromatic carbocycles. The molecule has 1 aliphatic heterocycles. The van der Waals surface area contributed by atoms with E-state index in [2.05, 4.69) is 20.3 Å². The van der Waals surface area contributed by atoms with E-state index in [-0.39, 0.29) is 41.0 Å². The minimum absolute atomic E-state index is 0.100. The number of aliphatic imine (C=N–C) groups is 1. The van der Waals surface area contributed by atoms with E-state index < -0.39 is 11.6 Å². The van der Waals surface area contributed by atoms with Crippen molar-refractivity contribution in [1.82, 2.24) is 9.97 Å². The van der Waals surface area contributed by atoms with Crippen molar-refractivity contribution in [2.45, 2.75) is 6.54 Å². The average Bonchev–Trinajstić information content (AvgIpc) is 2.98. The second-order valence-corrected chi connectivity index (χ2v) is 8.35. The lowest BCUT2D eigenvalue weighted by molar-refractivity contribution is -0.120. The Kier molecular flexibility index (Phi) is 6.15. The van der Waals surface area contributed by atoms with Crippen LogP contribution in [0.2, 0.25) is 10.0 Å². The monoisotopic (exact) mass is 510 g/mol. The zero-order valence-corrected chi connectivity index (χ0v) is 19.2. The molecular formula is C25H14Cl2F2N4O2. The van der Waals surface area contributed by atoms with Crippen LogP contribution in [0.4, 0.5) is 20.4 Å². The molecule has 0 amide bonds. The Balaban J connectivity index is 1.60. The van der Waals surface area contributed by atoms with Crippen LogP contribution in [-0.4, -0.2) is 22.2 Å². The number of halogens is 4. The molecule has 0 unspecified atom stereocenters. The lowest BCUT2D eigenvalue weighted by Crippen LogP contribution is -2.10. The zero-order chi connectivity index (χ0) is 24.5. The third-order valence-electron chi connectivity index (χ3n) is 5.33. The van der Waals surface area contributed by atoms with E-state index in [1.807, 2.05) is 0 Å². The Morgan fingerprint density at radius 3 is 2.57 bits per heavy atom. The normalized spacial score (nSPS) is 12.2. The number of rotatable bonds is 5. The lowest BCUT2D eigenvalue weighted by Gasteiger charge is -2.13. The molecule has 2 heterocycles. The molecule has 0 fully saturated rings. The van der Waals surface area contributed by atoms with Gasteiger partial charge in [-0.3, -0.25) is 9.79 Å². The van der Waals surface area contributed by atoms with Crippen LogP contribution in [-0.2, 0) is 11.3 Å². The van der Waals surface area contributed by atoms with Gasteiger partial charge in [0.05, 0.1) is 28.5 Å². The molecule has 1 aliphatic rings. The number of carbonyl (C=O) groups is 1. The summed E-state index contributed by atoms with van der Waals surface area (Å²) < 4.78 is 34.2. The maximum Gasteiger partial charge on any atom is 0.298 e. The second-order valence-electron chi connectivity index (χ2n) is 7.50. The number of nitrogens with zero attached hydrogens (tertiary/aromatic N) is 3. The first-order valence-electron chi connectivity index (χ1n) is 10.3. The highest BCUT2D eigenvalue weighted by Crippen LogP contribution is 2.35. The third-order valence-corrected chi connectivity index (χ3v) is 5.87. The fourth-order valence-corrected chi connectivity index (χ4v) is 4.11. The van der Waals surface area contributed by atoms with E-state index in [0.29, 0.717) is 33.1 Å². The number of aromatic nitrogens is 2. The highest BCUT2D eigenvalue weighted by atomic mass is 35.5. The smallest absolute Gasteiger partial charge is 0.298 e. The van der Waals surface area contributed by atoms with Crippen LogP contribution in [0.5, 0.6) is 5.75 Å². The van der Waals surface area contributed by atoms with Gasteiger partial charge in [-0.2, -0.15) is 0 Å². The largest absolute Gasteiger partial charge is 0.427 e. The minimum Gasteiger partial charge on any atom is -0.427 e. The van der Waals surface area contributed by atoms with Crippen LogP contribution in [0, 0.1) is 11.6 Å². The number of fused-ring (bicyclic) bond motifs is 3. The molecular weight excluding hydrogens is 497 g/mol. The fraction of sp³-hybridized carbons (Fsp3) is 0.0400. The van der Waals surface area contributed by atoms with Crippen LogP contribution in [0.15, 0.2) is 65.8 Å². The highest BCUT2D eigenvalue weighted by molar-refractivity contribution is 6.32. The van der Waals surface area contributed by atoms with Gasteiger partial charge in [0, 0.05) is 39.7 Å². The molecule has 10 heteroatoms. The van der Waals surface area contributed by atoms with Gasteiger partial charge in [0.2, 0.25) is 5.95 Å². The molecule has 174 valence electrons. The van der Waals surface area contributed by atoms with Gasteiger partial charge in [-0.15, -0.1) is 0 Å². The molecule has 4 aromatic rings. The van der Waals surface area contributed by atoms with E-state index in [0.717, 1.165) is 0 Å². The van der Waals surface area contributed by atoms with Crippen molar-refractivity contribution in [3.05, 3.63) is 99.2 Å². The molecule has 1 aromatic heterocycles. The Hall–Kier alpha value is -3.88. The first-order valence-corrected chi connectivity index (χ1v) is 11.0. The van der Waals surface area contributed by atoms with Crippen molar-refractivity contribution in [3.63, 3.8) is 0 Å². The Morgan fingerprint density at radius 1 is 1.00 bits per heavy atom. The van der Waals surface area contributed by atoms with Crippen molar-refractivity contribution in [1.29, 1.82) is 0 Å². The van der Waals surface area contributed by atoms with Gasteiger partial charge in [-0.25, -0.2) is 18.7 Å². The molecule has 0 atom stereocenters. The number of hydrogen-bond acceptors (Lipinski definition) is 6. The summed E-state index contributed by atoms with van der Waals surface area (Å²) >= 11 is 12.3. The predicted molar refractivity (Wildman–Crippen MR) is 130 cm³/mol. The first kappa shape index (κ1) is 22.9. The molecule has 5 rings (SSSR count). The zero-order valence-electron chi connectivity index (χ0n) is 17.7. The molecule has 0 saturated heterocycles. The minimum atomic E-state index is -0.731. The number of anilines is 2. The number of benzene rings is 3. The highest BCUT2D eigenvalue weighted by Gasteiger charge is 2.25. The average molecular weight is 511 g/mol. The summed E-state index contributed by atoms with van der Waals surface area (Å²) in [4.78, 5) is 24.2. The van der Waals surface area contributed by atoms with Gasteiger partial charge in [-0.05, 0) is 36.4 Å². The lowest BCUT2D eigenvalue weighted by atomic mass is 9.95. The summed E-state index contributed by atoms with van der Waals surface area (Å²) in [5.74, 6) is -1.05. The molecule has 0 spiro atoms. The molecule has 0 saturated carbocycles. The van der Waals surface area contributed by atoms with Crippen molar-refractivity contribution in [2.24, 2.45) is 4.99 Å². The van der Waals surface area contributed by atoms with Crippen molar-refractivity contribution >= 4 is 47.0 Å². The number of carbonyl (C=O) groups excluding carboxylic acids is 1. The van der Waals surface area contributed by atoms with Gasteiger partial charge in [0.1, 0.15) is 11.6 Å². The summed E-state index contributed by atoms with van der Waals surface area (Å²) in [6.07, 6.45) is 1.59. The van der Waals surface area contributed by atoms with E-state index in [4.69, 9.17) is 27.9 Å².